The molecule has 0 saturated carbocycles. The highest BCUT2D eigenvalue weighted by Crippen LogP contribution is 2.14. The van der Waals surface area contributed by atoms with Crippen LogP contribution in [0, 0.1) is 0 Å². The molecule has 0 fully saturated rings. The molecule has 6 nitrogen and oxygen atoms in total. The van der Waals surface area contributed by atoms with E-state index >= 15 is 0 Å². The van der Waals surface area contributed by atoms with Crippen molar-refractivity contribution in [3.05, 3.63) is 48.6 Å². The number of rotatable bonds is 47. The van der Waals surface area contributed by atoms with Crippen molar-refractivity contribution in [1.29, 1.82) is 0 Å². The number of carbonyl (C=O) groups excluding carboxylic acids is 3. The molecule has 0 saturated heterocycles. The molecule has 0 amide bonds. The van der Waals surface area contributed by atoms with E-state index in [0.29, 0.717) is 19.3 Å². The van der Waals surface area contributed by atoms with Gasteiger partial charge >= 0.3 is 17.9 Å². The Bertz CT molecular complexity index is 1070. The van der Waals surface area contributed by atoms with E-state index in [2.05, 4.69) is 69.4 Å². The van der Waals surface area contributed by atoms with E-state index in [1.807, 2.05) is 0 Å². The maximum atomic E-state index is 12.8. The van der Waals surface area contributed by atoms with E-state index in [-0.39, 0.29) is 31.1 Å². The number of unbranched alkanes of at least 4 members (excludes halogenated alkanes) is 28. The predicted octanol–water partition coefficient (Wildman–Crippen LogP) is 17.1. The lowest BCUT2D eigenvalue weighted by molar-refractivity contribution is -0.167. The van der Waals surface area contributed by atoms with Gasteiger partial charge in [0.15, 0.2) is 6.10 Å². The molecule has 1 atom stereocenters. The summed E-state index contributed by atoms with van der Waals surface area (Å²) < 4.78 is 16.8. The van der Waals surface area contributed by atoms with Crippen molar-refractivity contribution in [2.75, 3.05) is 13.2 Å². The molecule has 0 aromatic carbocycles. The van der Waals surface area contributed by atoms with Gasteiger partial charge in [0.2, 0.25) is 0 Å². The van der Waals surface area contributed by atoms with Crippen molar-refractivity contribution in [2.24, 2.45) is 0 Å². The van der Waals surface area contributed by atoms with E-state index in [1.165, 1.54) is 128 Å². The molecule has 0 aliphatic heterocycles. The zero-order valence-corrected chi connectivity index (χ0v) is 40.4. The summed E-state index contributed by atoms with van der Waals surface area (Å²) in [7, 11) is 0. The Labute approximate surface area is 378 Å². The van der Waals surface area contributed by atoms with Gasteiger partial charge < -0.3 is 14.2 Å². The Hall–Kier alpha value is -2.63. The van der Waals surface area contributed by atoms with Crippen molar-refractivity contribution in [3.63, 3.8) is 0 Å². The van der Waals surface area contributed by atoms with Crippen LogP contribution in [0.5, 0.6) is 0 Å². The Morgan fingerprint density at radius 1 is 0.328 bits per heavy atom. The fourth-order valence-corrected chi connectivity index (χ4v) is 7.28. The van der Waals surface area contributed by atoms with Gasteiger partial charge in [-0.25, -0.2) is 0 Å². The van der Waals surface area contributed by atoms with E-state index in [1.54, 1.807) is 0 Å². The quantitative estimate of drug-likeness (QED) is 0.0263. The minimum Gasteiger partial charge on any atom is -0.462 e. The highest BCUT2D eigenvalue weighted by molar-refractivity contribution is 5.71. The van der Waals surface area contributed by atoms with Crippen molar-refractivity contribution in [2.45, 2.75) is 271 Å². The fourth-order valence-electron chi connectivity index (χ4n) is 7.28. The van der Waals surface area contributed by atoms with E-state index < -0.39 is 6.10 Å². The Morgan fingerprint density at radius 3 is 0.967 bits per heavy atom. The van der Waals surface area contributed by atoms with Gasteiger partial charge in [-0.1, -0.05) is 191 Å². The van der Waals surface area contributed by atoms with Crippen LogP contribution in [0.4, 0.5) is 0 Å². The van der Waals surface area contributed by atoms with Gasteiger partial charge in [-0.3, -0.25) is 14.4 Å². The lowest BCUT2D eigenvalue weighted by Crippen LogP contribution is -2.30. The van der Waals surface area contributed by atoms with E-state index in [4.69, 9.17) is 14.2 Å². The molecule has 354 valence electrons. The van der Waals surface area contributed by atoms with E-state index in [0.717, 1.165) is 96.3 Å². The van der Waals surface area contributed by atoms with Crippen molar-refractivity contribution < 1.29 is 28.6 Å². The minimum absolute atomic E-state index is 0.0846. The zero-order chi connectivity index (χ0) is 44.4. The molecule has 0 aromatic rings. The molecule has 0 N–H and O–H groups in total. The van der Waals surface area contributed by atoms with Crippen LogP contribution in [0.25, 0.3) is 0 Å². The third-order valence-corrected chi connectivity index (χ3v) is 11.3. The van der Waals surface area contributed by atoms with Gasteiger partial charge in [0.25, 0.3) is 0 Å². The molecule has 0 radical (unpaired) electrons. The third kappa shape index (κ3) is 48.3. The maximum Gasteiger partial charge on any atom is 0.306 e. The number of hydrogen-bond acceptors (Lipinski definition) is 6. The predicted molar refractivity (Wildman–Crippen MR) is 261 cm³/mol. The second-order valence-electron chi connectivity index (χ2n) is 17.4. The standard InChI is InChI=1S/C55H98O6/c1-4-7-10-13-16-19-22-25-27-30-33-36-39-42-45-48-54(57)60-51-52(50-59-53(56)47-44-41-38-35-32-29-24-21-18-15-12-9-6-3)61-55(58)49-46-43-40-37-34-31-28-26-23-20-17-14-11-8-5-2/h16,19,21,24-28,52H,4-15,17-18,20,22-23,29-51H2,1-3H3/b19-16-,24-21-,27-25-,28-26-/t52-/m0/s1. The summed E-state index contributed by atoms with van der Waals surface area (Å²) >= 11 is 0. The van der Waals surface area contributed by atoms with Gasteiger partial charge in [0.05, 0.1) is 0 Å². The number of carbonyl (C=O) groups is 3. The molecule has 0 unspecified atom stereocenters. The molecule has 61 heavy (non-hydrogen) atoms. The first-order valence-corrected chi connectivity index (χ1v) is 26.1. The summed E-state index contributed by atoms with van der Waals surface area (Å²) in [6.45, 7) is 6.58. The molecule has 0 spiro atoms. The number of esters is 3. The summed E-state index contributed by atoms with van der Waals surface area (Å²) in [5.41, 5.74) is 0. The van der Waals surface area contributed by atoms with Gasteiger partial charge in [-0.15, -0.1) is 0 Å². The second kappa shape index (κ2) is 50.0. The molecule has 0 rings (SSSR count). The van der Waals surface area contributed by atoms with Crippen molar-refractivity contribution >= 4 is 17.9 Å². The first-order valence-electron chi connectivity index (χ1n) is 26.1. The van der Waals surface area contributed by atoms with Crippen LogP contribution in [0.15, 0.2) is 48.6 Å². The number of hydrogen-bond donors (Lipinski definition) is 0. The van der Waals surface area contributed by atoms with Crippen LogP contribution in [0.3, 0.4) is 0 Å². The largest absolute Gasteiger partial charge is 0.462 e. The molecule has 0 bridgehead atoms. The average Bonchev–Trinajstić information content (AvgIpc) is 3.26. The lowest BCUT2D eigenvalue weighted by atomic mass is 10.1. The molecule has 0 aliphatic carbocycles. The third-order valence-electron chi connectivity index (χ3n) is 11.3. The maximum absolute atomic E-state index is 12.8. The van der Waals surface area contributed by atoms with Crippen LogP contribution in [-0.2, 0) is 28.6 Å². The topological polar surface area (TPSA) is 78.9 Å². The summed E-state index contributed by atoms with van der Waals surface area (Å²) in [6, 6.07) is 0. The first kappa shape index (κ1) is 58.4. The summed E-state index contributed by atoms with van der Waals surface area (Å²) in [5, 5.41) is 0. The summed E-state index contributed by atoms with van der Waals surface area (Å²) in [4.78, 5) is 38.0. The van der Waals surface area contributed by atoms with Gasteiger partial charge in [0, 0.05) is 19.3 Å². The SMILES string of the molecule is CCCCC/C=C\C/C=C\CCCCCCCC(=O)OC[C@H](COC(=O)CCCCCCC/C=C\CCCCCC)OC(=O)CCCCCCC/C=C\CCCCCCCC. The van der Waals surface area contributed by atoms with E-state index in [9.17, 15) is 14.4 Å². The van der Waals surface area contributed by atoms with Gasteiger partial charge in [-0.2, -0.15) is 0 Å². The van der Waals surface area contributed by atoms with Crippen LogP contribution in [0.1, 0.15) is 265 Å². The molecule has 0 heterocycles. The molecule has 0 aliphatic rings. The highest BCUT2D eigenvalue weighted by atomic mass is 16.6. The highest BCUT2D eigenvalue weighted by Gasteiger charge is 2.19. The smallest absolute Gasteiger partial charge is 0.306 e. The van der Waals surface area contributed by atoms with Crippen LogP contribution < -0.4 is 0 Å². The Balaban J connectivity index is 4.42. The zero-order valence-electron chi connectivity index (χ0n) is 40.4. The van der Waals surface area contributed by atoms with Crippen LogP contribution in [-0.4, -0.2) is 37.2 Å². The average molecular weight is 855 g/mol. The Morgan fingerprint density at radius 2 is 0.590 bits per heavy atom. The van der Waals surface area contributed by atoms with Gasteiger partial charge in [-0.05, 0) is 103 Å². The monoisotopic (exact) mass is 855 g/mol. The van der Waals surface area contributed by atoms with Crippen LogP contribution >= 0.6 is 0 Å². The molecule has 0 aromatic heterocycles. The second-order valence-corrected chi connectivity index (χ2v) is 17.4. The molecule has 6 heteroatoms. The summed E-state index contributed by atoms with van der Waals surface area (Å²) in [5.74, 6) is -0.909. The van der Waals surface area contributed by atoms with Crippen molar-refractivity contribution in [3.8, 4) is 0 Å². The lowest BCUT2D eigenvalue weighted by Gasteiger charge is -2.18. The van der Waals surface area contributed by atoms with Crippen molar-refractivity contribution in [1.82, 2.24) is 0 Å². The molecular formula is C55H98O6. The molecular weight excluding hydrogens is 757 g/mol. The summed E-state index contributed by atoms with van der Waals surface area (Å²) in [6.07, 6.45) is 59.4. The Kier molecular flexibility index (Phi) is 47.9. The van der Waals surface area contributed by atoms with Gasteiger partial charge in [0.1, 0.15) is 13.2 Å². The van der Waals surface area contributed by atoms with Crippen LogP contribution in [0.2, 0.25) is 0 Å². The first-order chi connectivity index (χ1) is 30.0. The minimum atomic E-state index is -0.784. The fraction of sp³-hybridized carbons (Fsp3) is 0.800. The number of allylic oxidation sites excluding steroid dienone is 8. The normalized spacial score (nSPS) is 12.4. The number of ether oxygens (including phenoxy) is 3.